The molecule has 0 heterocycles. The van der Waals surface area contributed by atoms with Crippen LogP contribution in [0.2, 0.25) is 5.02 Å². The molecule has 1 aliphatic rings. The average Bonchev–Trinajstić information content (AvgIpc) is 3.06. The number of benzene rings is 1. The SMILES string of the molecule is COc1c(Cl)c2c(c(OC)c1OC)-c1ccc(SC)c(=O)cc1[C@@H](NC(=O)OCC(F)(F)F)CC2. The Labute approximate surface area is 208 Å². The van der Waals surface area contributed by atoms with Gasteiger partial charge < -0.3 is 24.3 Å². The molecule has 3 rings (SSSR count). The number of carbonyl (C=O) groups excluding carboxylic acids is 1. The monoisotopic (exact) mass is 533 g/mol. The van der Waals surface area contributed by atoms with E-state index in [1.165, 1.54) is 39.2 Å². The number of fused-ring (bicyclic) bond motifs is 3. The van der Waals surface area contributed by atoms with Gasteiger partial charge in [0.25, 0.3) is 0 Å². The number of halogens is 4. The fraction of sp³-hybridized carbons (Fsp3) is 0.391. The first-order valence-electron chi connectivity index (χ1n) is 10.3. The molecule has 1 atom stereocenters. The molecule has 0 aliphatic heterocycles. The number of nitrogens with one attached hydrogen (secondary N) is 1. The molecule has 0 fully saturated rings. The molecule has 0 radical (unpaired) electrons. The average molecular weight is 534 g/mol. The highest BCUT2D eigenvalue weighted by atomic mass is 35.5. The summed E-state index contributed by atoms with van der Waals surface area (Å²) in [6, 6.07) is 3.82. The molecule has 35 heavy (non-hydrogen) atoms. The maximum absolute atomic E-state index is 12.9. The van der Waals surface area contributed by atoms with Crippen molar-refractivity contribution in [2.24, 2.45) is 0 Å². The van der Waals surface area contributed by atoms with Gasteiger partial charge in [-0.15, -0.1) is 11.8 Å². The van der Waals surface area contributed by atoms with Gasteiger partial charge in [-0.1, -0.05) is 17.7 Å². The Hall–Kier alpha value is -2.79. The van der Waals surface area contributed by atoms with Crippen LogP contribution >= 0.6 is 23.4 Å². The van der Waals surface area contributed by atoms with E-state index in [4.69, 9.17) is 25.8 Å². The summed E-state index contributed by atoms with van der Waals surface area (Å²) in [6.07, 6.45) is -3.72. The van der Waals surface area contributed by atoms with E-state index in [0.717, 1.165) is 0 Å². The number of rotatable bonds is 6. The van der Waals surface area contributed by atoms with Crippen LogP contribution in [0, 0.1) is 0 Å². The van der Waals surface area contributed by atoms with Crippen molar-refractivity contribution in [3.05, 3.63) is 44.6 Å². The van der Waals surface area contributed by atoms with Crippen LogP contribution < -0.4 is 25.0 Å². The van der Waals surface area contributed by atoms with Crippen molar-refractivity contribution < 1.29 is 36.9 Å². The molecule has 2 aromatic carbocycles. The molecule has 190 valence electrons. The Morgan fingerprint density at radius 1 is 1.14 bits per heavy atom. The van der Waals surface area contributed by atoms with Crippen molar-refractivity contribution in [2.45, 2.75) is 30.0 Å². The number of carbonyl (C=O) groups is 1. The molecule has 1 amide bonds. The minimum atomic E-state index is -4.68. The summed E-state index contributed by atoms with van der Waals surface area (Å²) in [7, 11) is 4.29. The van der Waals surface area contributed by atoms with E-state index in [1.54, 1.807) is 18.4 Å². The Bertz CT molecular complexity index is 1190. The summed E-state index contributed by atoms with van der Waals surface area (Å²) in [6.45, 7) is -1.74. The largest absolute Gasteiger partial charge is 0.492 e. The van der Waals surface area contributed by atoms with Gasteiger partial charge in [-0.2, -0.15) is 13.2 Å². The van der Waals surface area contributed by atoms with E-state index >= 15 is 0 Å². The molecule has 0 aromatic heterocycles. The summed E-state index contributed by atoms with van der Waals surface area (Å²) >= 11 is 7.93. The first-order chi connectivity index (χ1) is 16.6. The smallest absolute Gasteiger partial charge is 0.422 e. The van der Waals surface area contributed by atoms with E-state index in [2.05, 4.69) is 10.1 Å². The summed E-state index contributed by atoms with van der Waals surface area (Å²) in [5, 5.41) is 2.72. The highest BCUT2D eigenvalue weighted by Crippen LogP contribution is 2.54. The topological polar surface area (TPSA) is 83.1 Å². The van der Waals surface area contributed by atoms with Gasteiger partial charge in [0.05, 0.1) is 37.3 Å². The summed E-state index contributed by atoms with van der Waals surface area (Å²) in [5.74, 6) is 0.784. The third kappa shape index (κ3) is 5.56. The molecule has 0 spiro atoms. The molecule has 12 heteroatoms. The molecular formula is C23H23ClF3NO6S. The lowest BCUT2D eigenvalue weighted by Crippen LogP contribution is -2.32. The quantitative estimate of drug-likeness (QED) is 0.498. The van der Waals surface area contributed by atoms with E-state index in [-0.39, 0.29) is 34.8 Å². The van der Waals surface area contributed by atoms with Crippen LogP contribution in [0.1, 0.15) is 23.6 Å². The maximum atomic E-state index is 12.9. The van der Waals surface area contributed by atoms with Gasteiger partial charge in [-0.25, -0.2) is 4.79 Å². The van der Waals surface area contributed by atoms with Crippen molar-refractivity contribution in [3.63, 3.8) is 0 Å². The first kappa shape index (κ1) is 26.8. The predicted octanol–water partition coefficient (Wildman–Crippen LogP) is 5.39. The van der Waals surface area contributed by atoms with Crippen LogP contribution in [0.25, 0.3) is 11.1 Å². The standard InChI is InChI=1S/C23H23ClF3NO6S/c1-31-19-17-11-6-8-16(35-4)15(29)9-13(11)14(28-22(30)34-10-23(25,26)27)7-5-12(17)18(24)20(32-2)21(19)33-3/h6,8-9,14H,5,7,10H2,1-4H3,(H,28,30)/t14-/m0/s1. The molecule has 7 nitrogen and oxygen atoms in total. The number of ether oxygens (including phenoxy) is 4. The molecule has 0 saturated heterocycles. The Kier molecular flexibility index (Phi) is 8.32. The highest BCUT2D eigenvalue weighted by molar-refractivity contribution is 7.98. The second-order valence-corrected chi connectivity index (χ2v) is 8.70. The predicted molar refractivity (Wildman–Crippen MR) is 126 cm³/mol. The van der Waals surface area contributed by atoms with Crippen LogP contribution in [0.15, 0.2) is 27.9 Å². The minimum Gasteiger partial charge on any atom is -0.492 e. The number of hydrogen-bond acceptors (Lipinski definition) is 7. The normalized spacial score (nSPS) is 14.8. The second-order valence-electron chi connectivity index (χ2n) is 7.47. The van der Waals surface area contributed by atoms with E-state index < -0.39 is 24.9 Å². The van der Waals surface area contributed by atoms with Crippen LogP contribution in [0.3, 0.4) is 0 Å². The molecule has 2 aromatic rings. The van der Waals surface area contributed by atoms with Crippen molar-refractivity contribution in [3.8, 4) is 28.4 Å². The third-order valence-electron chi connectivity index (χ3n) is 5.47. The lowest BCUT2D eigenvalue weighted by molar-refractivity contribution is -0.160. The Balaban J connectivity index is 2.26. The fourth-order valence-corrected chi connectivity index (χ4v) is 4.84. The van der Waals surface area contributed by atoms with Crippen LogP contribution in [-0.4, -0.2) is 46.5 Å². The number of alkyl carbamates (subject to hydrolysis) is 1. The summed E-state index contributed by atoms with van der Waals surface area (Å²) in [5.41, 5.74) is 1.69. The van der Waals surface area contributed by atoms with Crippen molar-refractivity contribution in [1.29, 1.82) is 0 Å². The van der Waals surface area contributed by atoms with Gasteiger partial charge in [0.15, 0.2) is 23.5 Å². The number of methoxy groups -OCH3 is 3. The molecule has 1 N–H and O–H groups in total. The van der Waals surface area contributed by atoms with E-state index in [1.807, 2.05) is 0 Å². The van der Waals surface area contributed by atoms with Gasteiger partial charge in [0.2, 0.25) is 5.75 Å². The van der Waals surface area contributed by atoms with Crippen molar-refractivity contribution >= 4 is 29.5 Å². The zero-order valence-corrected chi connectivity index (χ0v) is 20.9. The third-order valence-corrected chi connectivity index (χ3v) is 6.64. The van der Waals surface area contributed by atoms with Gasteiger partial charge in [0, 0.05) is 5.56 Å². The number of hydrogen-bond donors (Lipinski definition) is 1. The molecule has 0 saturated carbocycles. The first-order valence-corrected chi connectivity index (χ1v) is 11.9. The Morgan fingerprint density at radius 3 is 2.37 bits per heavy atom. The number of alkyl halides is 3. The zero-order valence-electron chi connectivity index (χ0n) is 19.3. The van der Waals surface area contributed by atoms with Gasteiger partial charge in [0.1, 0.15) is 0 Å². The van der Waals surface area contributed by atoms with Gasteiger partial charge in [-0.05, 0) is 47.9 Å². The number of thioether (sulfide) groups is 1. The van der Waals surface area contributed by atoms with Gasteiger partial charge >= 0.3 is 12.3 Å². The number of amides is 1. The van der Waals surface area contributed by atoms with Crippen LogP contribution in [0.5, 0.6) is 17.2 Å². The fourth-order valence-electron chi connectivity index (χ4n) is 4.02. The molecule has 0 bridgehead atoms. The van der Waals surface area contributed by atoms with E-state index in [0.29, 0.717) is 32.9 Å². The highest BCUT2D eigenvalue weighted by Gasteiger charge is 2.34. The van der Waals surface area contributed by atoms with Crippen molar-refractivity contribution in [2.75, 3.05) is 34.2 Å². The Morgan fingerprint density at radius 2 is 1.80 bits per heavy atom. The lowest BCUT2D eigenvalue weighted by atomic mass is 9.95. The van der Waals surface area contributed by atoms with Crippen LogP contribution in [0.4, 0.5) is 18.0 Å². The zero-order chi connectivity index (χ0) is 25.9. The molecular weight excluding hydrogens is 511 g/mol. The van der Waals surface area contributed by atoms with E-state index in [9.17, 15) is 22.8 Å². The molecule has 0 unspecified atom stereocenters. The summed E-state index contributed by atoms with van der Waals surface area (Å²) < 4.78 is 58.6. The lowest BCUT2D eigenvalue weighted by Gasteiger charge is -2.21. The minimum absolute atomic E-state index is 0.206. The second kappa shape index (κ2) is 10.9. The van der Waals surface area contributed by atoms with Crippen molar-refractivity contribution in [1.82, 2.24) is 5.32 Å². The summed E-state index contributed by atoms with van der Waals surface area (Å²) in [4.78, 5) is 25.5. The van der Waals surface area contributed by atoms with Gasteiger partial charge in [-0.3, -0.25) is 4.79 Å². The maximum Gasteiger partial charge on any atom is 0.422 e. The van der Waals surface area contributed by atoms with Crippen LogP contribution in [-0.2, 0) is 11.2 Å². The molecule has 1 aliphatic carbocycles.